The third-order valence-corrected chi connectivity index (χ3v) is 3.01. The van der Waals surface area contributed by atoms with Gasteiger partial charge in [-0.1, -0.05) is 6.07 Å². The maximum absolute atomic E-state index is 10.1. The van der Waals surface area contributed by atoms with Crippen molar-refractivity contribution < 1.29 is 4.79 Å². The number of aryl methyl sites for hydroxylation is 2. The second kappa shape index (κ2) is 5.07. The summed E-state index contributed by atoms with van der Waals surface area (Å²) >= 11 is 1.74. The van der Waals surface area contributed by atoms with Gasteiger partial charge >= 0.3 is 0 Å². The van der Waals surface area contributed by atoms with E-state index in [4.69, 9.17) is 0 Å². The minimum atomic E-state index is 0.636. The first-order chi connectivity index (χ1) is 6.24. The fourth-order valence-electron chi connectivity index (χ4n) is 1.03. The molecule has 0 amide bonds. The lowest BCUT2D eigenvalue weighted by molar-refractivity contribution is -0.107. The Bertz CT molecular complexity index is 294. The van der Waals surface area contributed by atoms with Crippen molar-refractivity contribution in [2.75, 3.05) is 5.75 Å². The van der Waals surface area contributed by atoms with Gasteiger partial charge in [0.2, 0.25) is 0 Å². The molecule has 70 valence electrons. The van der Waals surface area contributed by atoms with Crippen molar-refractivity contribution in [2.24, 2.45) is 0 Å². The topological polar surface area (TPSA) is 17.1 Å². The molecule has 1 nitrogen and oxygen atoms in total. The Kier molecular flexibility index (Phi) is 4.03. The molecule has 0 heterocycles. The highest BCUT2D eigenvalue weighted by atomic mass is 32.2. The summed E-state index contributed by atoms with van der Waals surface area (Å²) in [5.74, 6) is 0.881. The highest BCUT2D eigenvalue weighted by Crippen LogP contribution is 2.21. The van der Waals surface area contributed by atoms with Crippen molar-refractivity contribution in [1.29, 1.82) is 0 Å². The Hall–Kier alpha value is -0.760. The van der Waals surface area contributed by atoms with Crippen LogP contribution in [0.3, 0.4) is 0 Å². The minimum Gasteiger partial charge on any atom is -0.303 e. The van der Waals surface area contributed by atoms with E-state index in [0.29, 0.717) is 6.42 Å². The van der Waals surface area contributed by atoms with Gasteiger partial charge in [0.25, 0.3) is 0 Å². The van der Waals surface area contributed by atoms with Crippen LogP contribution in [0.2, 0.25) is 0 Å². The van der Waals surface area contributed by atoms with Crippen molar-refractivity contribution in [1.82, 2.24) is 0 Å². The molecule has 0 aromatic heterocycles. The van der Waals surface area contributed by atoms with E-state index >= 15 is 0 Å². The maximum Gasteiger partial charge on any atom is 0.120 e. The van der Waals surface area contributed by atoms with Gasteiger partial charge in [0.05, 0.1) is 0 Å². The van der Waals surface area contributed by atoms with Crippen LogP contribution in [-0.4, -0.2) is 12.0 Å². The normalized spacial score (nSPS) is 10.0. The monoisotopic (exact) mass is 194 g/mol. The summed E-state index contributed by atoms with van der Waals surface area (Å²) in [6, 6.07) is 6.40. The number of hydrogen-bond acceptors (Lipinski definition) is 2. The largest absolute Gasteiger partial charge is 0.303 e. The van der Waals surface area contributed by atoms with E-state index < -0.39 is 0 Å². The van der Waals surface area contributed by atoms with Gasteiger partial charge < -0.3 is 4.79 Å². The predicted molar refractivity (Wildman–Crippen MR) is 57.3 cm³/mol. The molecule has 2 heteroatoms. The van der Waals surface area contributed by atoms with Crippen LogP contribution < -0.4 is 0 Å². The van der Waals surface area contributed by atoms with Gasteiger partial charge in [0, 0.05) is 17.1 Å². The van der Waals surface area contributed by atoms with Crippen LogP contribution in [0, 0.1) is 13.8 Å². The molecule has 0 atom stereocenters. The molecule has 0 saturated heterocycles. The first-order valence-corrected chi connectivity index (χ1v) is 5.36. The van der Waals surface area contributed by atoms with Crippen LogP contribution in [0.4, 0.5) is 0 Å². The molecule has 0 aliphatic rings. The fourth-order valence-corrected chi connectivity index (χ4v) is 1.90. The number of hydrogen-bond donors (Lipinski definition) is 0. The summed E-state index contributed by atoms with van der Waals surface area (Å²) in [7, 11) is 0. The van der Waals surface area contributed by atoms with Gasteiger partial charge in [-0.25, -0.2) is 0 Å². The van der Waals surface area contributed by atoms with Gasteiger partial charge in [0.15, 0.2) is 0 Å². The van der Waals surface area contributed by atoms with Crippen LogP contribution in [0.1, 0.15) is 17.5 Å². The maximum atomic E-state index is 10.1. The van der Waals surface area contributed by atoms with Crippen LogP contribution in [-0.2, 0) is 4.79 Å². The smallest absolute Gasteiger partial charge is 0.120 e. The Labute approximate surface area is 83.5 Å². The second-order valence-electron chi connectivity index (χ2n) is 3.05. The van der Waals surface area contributed by atoms with Gasteiger partial charge in [0.1, 0.15) is 6.29 Å². The van der Waals surface area contributed by atoms with Gasteiger partial charge in [-0.05, 0) is 37.1 Å². The van der Waals surface area contributed by atoms with Gasteiger partial charge in [-0.3, -0.25) is 0 Å². The quantitative estimate of drug-likeness (QED) is 0.416. The summed E-state index contributed by atoms with van der Waals surface area (Å²) in [6.07, 6.45) is 1.60. The molecule has 0 aliphatic heterocycles. The molecule has 0 N–H and O–H groups in total. The number of carbonyl (C=O) groups excluding carboxylic acids is 1. The Morgan fingerprint density at radius 2 is 2.08 bits per heavy atom. The second-order valence-corrected chi connectivity index (χ2v) is 4.22. The van der Waals surface area contributed by atoms with Crippen LogP contribution in [0.5, 0.6) is 0 Å². The van der Waals surface area contributed by atoms with E-state index in [1.807, 2.05) is 0 Å². The van der Waals surface area contributed by atoms with E-state index in [-0.39, 0.29) is 0 Å². The lowest BCUT2D eigenvalue weighted by atomic mass is 10.1. The molecule has 0 aliphatic carbocycles. The molecule has 13 heavy (non-hydrogen) atoms. The fraction of sp³-hybridized carbons (Fsp3) is 0.364. The summed E-state index contributed by atoms with van der Waals surface area (Å²) in [5, 5.41) is 0. The van der Waals surface area contributed by atoms with Crippen LogP contribution in [0.25, 0.3) is 0 Å². The Morgan fingerprint density at radius 1 is 1.31 bits per heavy atom. The predicted octanol–water partition coefficient (Wildman–Crippen LogP) is 2.98. The van der Waals surface area contributed by atoms with Crippen molar-refractivity contribution in [3.63, 3.8) is 0 Å². The van der Waals surface area contributed by atoms with E-state index in [1.54, 1.807) is 11.8 Å². The molecule has 0 unspecified atom stereocenters. The van der Waals surface area contributed by atoms with Crippen molar-refractivity contribution >= 4 is 18.0 Å². The summed E-state index contributed by atoms with van der Waals surface area (Å²) in [5.41, 5.74) is 2.64. The summed E-state index contributed by atoms with van der Waals surface area (Å²) in [6.45, 7) is 4.22. The third-order valence-electron chi connectivity index (χ3n) is 1.98. The first kappa shape index (κ1) is 10.3. The zero-order valence-electron chi connectivity index (χ0n) is 8.04. The number of aldehydes is 1. The molecule has 0 spiro atoms. The third kappa shape index (κ3) is 3.23. The van der Waals surface area contributed by atoms with Crippen molar-refractivity contribution in [3.05, 3.63) is 29.3 Å². The first-order valence-electron chi connectivity index (χ1n) is 4.37. The number of benzene rings is 1. The lowest BCUT2D eigenvalue weighted by Gasteiger charge is -2.03. The zero-order chi connectivity index (χ0) is 9.68. The highest BCUT2D eigenvalue weighted by Gasteiger charge is 1.96. The zero-order valence-corrected chi connectivity index (χ0v) is 8.86. The summed E-state index contributed by atoms with van der Waals surface area (Å²) < 4.78 is 0. The standard InChI is InChI=1S/C11H14OS/c1-9-4-5-11(8-10(9)2)13-7-3-6-12/h4-6,8H,3,7H2,1-2H3. The lowest BCUT2D eigenvalue weighted by Crippen LogP contribution is -1.83. The number of carbonyl (C=O) groups is 1. The highest BCUT2D eigenvalue weighted by molar-refractivity contribution is 7.99. The molecule has 0 fully saturated rings. The molecule has 1 rings (SSSR count). The minimum absolute atomic E-state index is 0.636. The average molecular weight is 194 g/mol. The molecule has 0 saturated carbocycles. The number of rotatable bonds is 4. The Morgan fingerprint density at radius 3 is 2.69 bits per heavy atom. The molecular weight excluding hydrogens is 180 g/mol. The van der Waals surface area contributed by atoms with E-state index in [1.165, 1.54) is 16.0 Å². The molecule has 1 aromatic rings. The molecule has 1 aromatic carbocycles. The van der Waals surface area contributed by atoms with Gasteiger partial charge in [-0.2, -0.15) is 0 Å². The van der Waals surface area contributed by atoms with E-state index in [9.17, 15) is 4.79 Å². The van der Waals surface area contributed by atoms with E-state index in [0.717, 1.165) is 12.0 Å². The van der Waals surface area contributed by atoms with Crippen LogP contribution in [0.15, 0.2) is 23.1 Å². The van der Waals surface area contributed by atoms with Crippen molar-refractivity contribution in [2.45, 2.75) is 25.2 Å². The summed E-state index contributed by atoms with van der Waals surface area (Å²) in [4.78, 5) is 11.4. The van der Waals surface area contributed by atoms with E-state index in [2.05, 4.69) is 32.0 Å². The average Bonchev–Trinajstić information content (AvgIpc) is 2.12. The van der Waals surface area contributed by atoms with Crippen LogP contribution >= 0.6 is 11.8 Å². The molecule has 0 bridgehead atoms. The Balaban J connectivity index is 2.57. The molecular formula is C11H14OS. The van der Waals surface area contributed by atoms with Gasteiger partial charge in [-0.15, -0.1) is 11.8 Å². The SMILES string of the molecule is Cc1ccc(SCCC=O)cc1C. The number of thioether (sulfide) groups is 1. The van der Waals surface area contributed by atoms with Crippen molar-refractivity contribution in [3.8, 4) is 0 Å². The molecule has 0 radical (unpaired) electrons.